The van der Waals surface area contributed by atoms with E-state index in [4.69, 9.17) is 21.5 Å². The third-order valence-corrected chi connectivity index (χ3v) is 7.51. The van der Waals surface area contributed by atoms with Crippen LogP contribution in [0.25, 0.3) is 22.2 Å². The van der Waals surface area contributed by atoms with E-state index in [2.05, 4.69) is 15.6 Å². The van der Waals surface area contributed by atoms with Gasteiger partial charge in [-0.1, -0.05) is 49.6 Å². The van der Waals surface area contributed by atoms with Gasteiger partial charge in [-0.3, -0.25) is 9.59 Å². The number of carboxylic acids is 1. The van der Waals surface area contributed by atoms with Crippen molar-refractivity contribution in [3.8, 4) is 11.3 Å². The Hall–Kier alpha value is -4.81. The Balaban J connectivity index is 0.000000255. The summed E-state index contributed by atoms with van der Waals surface area (Å²) in [5, 5.41) is 33.5. The number of rotatable bonds is 6. The second-order valence-corrected chi connectivity index (χ2v) is 10.6. The summed E-state index contributed by atoms with van der Waals surface area (Å²) in [6.45, 7) is 2.80. The first-order valence-electron chi connectivity index (χ1n) is 14.0. The van der Waals surface area contributed by atoms with Crippen LogP contribution in [-0.2, 0) is 9.59 Å². The number of aromatic nitrogens is 1. The summed E-state index contributed by atoms with van der Waals surface area (Å²) in [6.07, 6.45) is 5.83. The zero-order valence-corrected chi connectivity index (χ0v) is 24.1. The van der Waals surface area contributed by atoms with Crippen LogP contribution in [0.5, 0.6) is 0 Å². The number of amides is 2. The Morgan fingerprint density at radius 3 is 2.05 bits per heavy atom. The maximum Gasteiger partial charge on any atom is 0.490 e. The van der Waals surface area contributed by atoms with E-state index >= 15 is 0 Å². The number of aromatic amines is 1. The zero-order chi connectivity index (χ0) is 31.3. The van der Waals surface area contributed by atoms with Crippen LogP contribution >= 0.6 is 0 Å². The summed E-state index contributed by atoms with van der Waals surface area (Å²) >= 11 is 0. The molecule has 2 amide bonds. The summed E-state index contributed by atoms with van der Waals surface area (Å²) in [7, 11) is -1.64. The number of benzene rings is 3. The smallest absolute Gasteiger partial charge is 0.478 e. The maximum absolute atomic E-state index is 11.5. The van der Waals surface area contributed by atoms with Crippen LogP contribution in [0.3, 0.4) is 0 Å². The maximum atomic E-state index is 11.5. The Bertz CT molecular complexity index is 1660. The monoisotopic (exact) mass is 585 g/mol. The lowest BCUT2D eigenvalue weighted by Crippen LogP contribution is -2.33. The molecule has 0 atom stereocenters. The number of hydrogen-bond donors (Lipinski definition) is 8. The molecule has 1 fully saturated rings. The van der Waals surface area contributed by atoms with Crippen LogP contribution in [0, 0.1) is 0 Å². The molecule has 0 spiro atoms. The molecule has 10 N–H and O–H groups in total. The van der Waals surface area contributed by atoms with Crippen molar-refractivity contribution in [1.82, 2.24) is 4.98 Å². The molecular weight excluding hydrogens is 549 g/mol. The van der Waals surface area contributed by atoms with Crippen LogP contribution in [-0.4, -0.2) is 45.0 Å². The molecule has 1 aliphatic carbocycles. The van der Waals surface area contributed by atoms with E-state index in [1.165, 1.54) is 44.7 Å². The molecule has 224 valence electrons. The minimum atomic E-state index is -1.64. The molecule has 43 heavy (non-hydrogen) atoms. The number of aromatic carboxylic acids is 1. The highest BCUT2D eigenvalue weighted by molar-refractivity contribution is 6.60. The largest absolute Gasteiger partial charge is 0.490 e. The Morgan fingerprint density at radius 2 is 1.47 bits per heavy atom. The molecule has 1 heterocycles. The van der Waals surface area contributed by atoms with Crippen molar-refractivity contribution in [3.63, 3.8) is 0 Å². The van der Waals surface area contributed by atoms with Gasteiger partial charge in [-0.2, -0.15) is 0 Å². The van der Waals surface area contributed by atoms with Crippen LogP contribution in [0.1, 0.15) is 67.8 Å². The van der Waals surface area contributed by atoms with Gasteiger partial charge < -0.3 is 42.2 Å². The van der Waals surface area contributed by atoms with Gasteiger partial charge in [-0.05, 0) is 48.6 Å². The SMILES string of the molecule is CC(=O)Nc1cccc(-c2[nH]c3cc(C(=O)O)ccc3c2C2CCCCC2)c1N.CC(=O)Nc1cccc(B(O)O)c1N. The minimum Gasteiger partial charge on any atom is -0.478 e. The van der Waals surface area contributed by atoms with E-state index in [9.17, 15) is 19.5 Å². The molecular formula is C31H36BN5O6. The highest BCUT2D eigenvalue weighted by Crippen LogP contribution is 2.44. The number of fused-ring (bicyclic) bond motifs is 1. The molecule has 1 aromatic heterocycles. The average Bonchev–Trinajstić information content (AvgIpc) is 3.34. The normalized spacial score (nSPS) is 13.1. The van der Waals surface area contributed by atoms with Crippen molar-refractivity contribution in [2.24, 2.45) is 0 Å². The molecule has 3 aromatic carbocycles. The van der Waals surface area contributed by atoms with E-state index in [1.807, 2.05) is 18.2 Å². The molecule has 0 bridgehead atoms. The first-order valence-corrected chi connectivity index (χ1v) is 14.0. The molecule has 0 saturated heterocycles. The zero-order valence-electron chi connectivity index (χ0n) is 24.1. The molecule has 0 unspecified atom stereocenters. The van der Waals surface area contributed by atoms with E-state index < -0.39 is 13.1 Å². The predicted octanol–water partition coefficient (Wildman–Crippen LogP) is 4.03. The highest BCUT2D eigenvalue weighted by atomic mass is 16.4. The number of H-pyrrole nitrogens is 1. The van der Waals surface area contributed by atoms with Crippen LogP contribution < -0.4 is 27.6 Å². The molecule has 0 aliphatic heterocycles. The molecule has 4 aromatic rings. The third-order valence-electron chi connectivity index (χ3n) is 7.51. The van der Waals surface area contributed by atoms with Gasteiger partial charge in [0.25, 0.3) is 0 Å². The number of carbonyl (C=O) groups is 3. The number of nitrogen functional groups attached to an aromatic ring is 2. The van der Waals surface area contributed by atoms with E-state index in [0.29, 0.717) is 23.0 Å². The van der Waals surface area contributed by atoms with Crippen LogP contribution in [0.2, 0.25) is 0 Å². The second-order valence-electron chi connectivity index (χ2n) is 10.6. The summed E-state index contributed by atoms with van der Waals surface area (Å²) in [6, 6.07) is 15.5. The lowest BCUT2D eigenvalue weighted by molar-refractivity contribution is -0.115. The molecule has 0 radical (unpaired) electrons. The first kappa shape index (κ1) is 31.1. The standard InChI is InChI=1S/C23H25N3O3.C8H11BN2O3/c1-13(27)25-18-9-5-8-17(21(18)24)22-20(14-6-3-2-4-7-14)16-11-10-15(23(28)29)12-19(16)26-22;1-5(12)11-7-4-2-3-6(8(7)10)9(13)14/h5,8-12,14,26H,2-4,6-7,24H2,1H3,(H,25,27)(H,28,29);2-4,13-14H,10H2,1H3,(H,11,12). The van der Waals surface area contributed by atoms with Gasteiger partial charge in [0, 0.05) is 35.8 Å². The van der Waals surface area contributed by atoms with Crippen molar-refractivity contribution >= 4 is 64.0 Å². The van der Waals surface area contributed by atoms with Gasteiger partial charge in [0.05, 0.1) is 34.0 Å². The van der Waals surface area contributed by atoms with Crippen LogP contribution in [0.4, 0.5) is 22.7 Å². The van der Waals surface area contributed by atoms with Crippen molar-refractivity contribution < 1.29 is 29.5 Å². The number of anilines is 4. The van der Waals surface area contributed by atoms with E-state index in [0.717, 1.165) is 35.0 Å². The van der Waals surface area contributed by atoms with Gasteiger partial charge in [-0.15, -0.1) is 0 Å². The number of carboxylic acid groups (broad SMARTS) is 1. The number of carbonyl (C=O) groups excluding carboxylic acids is 2. The highest BCUT2D eigenvalue weighted by Gasteiger charge is 2.25. The fraction of sp³-hybridized carbons (Fsp3) is 0.258. The van der Waals surface area contributed by atoms with Gasteiger partial charge in [-0.25, -0.2) is 4.79 Å². The quantitative estimate of drug-likeness (QED) is 0.122. The number of nitrogens with two attached hydrogens (primary N) is 2. The molecule has 12 heteroatoms. The summed E-state index contributed by atoms with van der Waals surface area (Å²) in [5.41, 5.74) is 17.8. The van der Waals surface area contributed by atoms with Crippen LogP contribution in [0.15, 0.2) is 54.6 Å². The lowest BCUT2D eigenvalue weighted by Gasteiger charge is -2.23. The second kappa shape index (κ2) is 13.4. The Morgan fingerprint density at radius 1 is 0.860 bits per heavy atom. The van der Waals surface area contributed by atoms with Crippen molar-refractivity contribution in [3.05, 3.63) is 65.7 Å². The minimum absolute atomic E-state index is 0.165. The number of nitrogens with one attached hydrogen (secondary N) is 3. The number of para-hydroxylation sites is 2. The number of hydrogen-bond acceptors (Lipinski definition) is 7. The molecule has 11 nitrogen and oxygen atoms in total. The average molecular weight is 585 g/mol. The van der Waals surface area contributed by atoms with Crippen molar-refractivity contribution in [2.75, 3.05) is 22.1 Å². The van der Waals surface area contributed by atoms with Gasteiger partial charge in [0.1, 0.15) is 0 Å². The third kappa shape index (κ3) is 7.16. The van der Waals surface area contributed by atoms with Gasteiger partial charge in [0.2, 0.25) is 11.8 Å². The van der Waals surface area contributed by atoms with E-state index in [-0.39, 0.29) is 28.5 Å². The fourth-order valence-corrected chi connectivity index (χ4v) is 5.57. The predicted molar refractivity (Wildman–Crippen MR) is 170 cm³/mol. The molecule has 1 aliphatic rings. The first-order chi connectivity index (χ1) is 20.5. The van der Waals surface area contributed by atoms with Crippen molar-refractivity contribution in [2.45, 2.75) is 51.9 Å². The Kier molecular flexibility index (Phi) is 9.74. The van der Waals surface area contributed by atoms with E-state index in [1.54, 1.807) is 30.3 Å². The van der Waals surface area contributed by atoms with Gasteiger partial charge >= 0.3 is 13.1 Å². The fourth-order valence-electron chi connectivity index (χ4n) is 5.57. The molecule has 5 rings (SSSR count). The summed E-state index contributed by atoms with van der Waals surface area (Å²) < 4.78 is 0. The molecule has 1 saturated carbocycles. The summed E-state index contributed by atoms with van der Waals surface area (Å²) in [4.78, 5) is 37.2. The lowest BCUT2D eigenvalue weighted by atomic mass is 9.79. The topological polar surface area (TPSA) is 204 Å². The van der Waals surface area contributed by atoms with Gasteiger partial charge in [0.15, 0.2) is 0 Å². The summed E-state index contributed by atoms with van der Waals surface area (Å²) in [5.74, 6) is -0.994. The Labute approximate surface area is 249 Å². The van der Waals surface area contributed by atoms with Crippen molar-refractivity contribution in [1.29, 1.82) is 0 Å².